The van der Waals surface area contributed by atoms with E-state index in [1.807, 2.05) is 49.1 Å². The fourth-order valence-electron chi connectivity index (χ4n) is 4.80. The van der Waals surface area contributed by atoms with E-state index in [0.717, 1.165) is 51.3 Å². The quantitative estimate of drug-likeness (QED) is 0.178. The topological polar surface area (TPSA) is 67.6 Å². The number of carboxylic acid groups (broad SMARTS) is 1. The highest BCUT2D eigenvalue weighted by Crippen LogP contribution is 2.40. The third-order valence-corrected chi connectivity index (χ3v) is 7.64. The maximum Gasteiger partial charge on any atom is 0.303 e. The van der Waals surface area contributed by atoms with Gasteiger partial charge >= 0.3 is 5.97 Å². The molecule has 0 fully saturated rings. The number of ether oxygens (including phenoxy) is 1. The van der Waals surface area contributed by atoms with Crippen molar-refractivity contribution in [3.8, 4) is 28.3 Å². The lowest BCUT2D eigenvalue weighted by Crippen LogP contribution is -2.20. The van der Waals surface area contributed by atoms with E-state index >= 15 is 0 Å². The Morgan fingerprint density at radius 3 is 2.34 bits per heavy atom. The Balaban J connectivity index is 1.90. The molecule has 0 amide bonds. The van der Waals surface area contributed by atoms with Crippen LogP contribution in [0.2, 0.25) is 0 Å². The van der Waals surface area contributed by atoms with Crippen molar-refractivity contribution in [1.82, 2.24) is 14.7 Å². The second kappa shape index (κ2) is 13.5. The maximum absolute atomic E-state index is 11.8. The first-order chi connectivity index (χ1) is 19.5. The number of aromatic nitrogens is 2. The minimum absolute atomic E-state index is 0.0117. The average Bonchev–Trinajstić information content (AvgIpc) is 3.29. The molecular formula is C34H40BrN3O3. The predicted octanol–water partition coefficient (Wildman–Crippen LogP) is 7.48. The predicted molar refractivity (Wildman–Crippen MR) is 170 cm³/mol. The molecule has 216 valence electrons. The van der Waals surface area contributed by atoms with Crippen LogP contribution in [-0.2, 0) is 29.6 Å². The van der Waals surface area contributed by atoms with Gasteiger partial charge in [0.25, 0.3) is 0 Å². The first kappa shape index (κ1) is 30.5. The Morgan fingerprint density at radius 2 is 1.71 bits per heavy atom. The van der Waals surface area contributed by atoms with Crippen molar-refractivity contribution >= 4 is 21.9 Å². The number of aryl methyl sites for hydroxylation is 2. The van der Waals surface area contributed by atoms with Crippen LogP contribution in [0.4, 0.5) is 0 Å². The second-order valence-corrected chi connectivity index (χ2v) is 12.6. The van der Waals surface area contributed by atoms with E-state index in [2.05, 4.69) is 84.1 Å². The van der Waals surface area contributed by atoms with Gasteiger partial charge in [-0.15, -0.1) is 0 Å². The van der Waals surface area contributed by atoms with E-state index in [1.54, 1.807) is 0 Å². The number of halogens is 1. The highest BCUT2D eigenvalue weighted by molar-refractivity contribution is 9.10. The fraction of sp³-hybridized carbons (Fsp3) is 0.353. The van der Waals surface area contributed by atoms with Crippen LogP contribution < -0.4 is 4.74 Å². The molecule has 1 heterocycles. The molecule has 0 bridgehead atoms. The monoisotopic (exact) mass is 617 g/mol. The Hall–Kier alpha value is -3.42. The Morgan fingerprint density at radius 1 is 1.00 bits per heavy atom. The molecule has 6 nitrogen and oxygen atoms in total. The van der Waals surface area contributed by atoms with Crippen LogP contribution in [0.1, 0.15) is 43.9 Å². The number of nitrogens with zero attached hydrogens (tertiary/aromatic N) is 3. The van der Waals surface area contributed by atoms with Crippen molar-refractivity contribution in [3.05, 3.63) is 94.0 Å². The van der Waals surface area contributed by atoms with Gasteiger partial charge in [0, 0.05) is 40.7 Å². The number of carbonyl (C=O) groups is 1. The van der Waals surface area contributed by atoms with E-state index < -0.39 is 5.97 Å². The van der Waals surface area contributed by atoms with E-state index in [9.17, 15) is 9.90 Å². The average molecular weight is 619 g/mol. The third-order valence-electron chi connectivity index (χ3n) is 7.11. The summed E-state index contributed by atoms with van der Waals surface area (Å²) in [5, 5.41) is 14.9. The highest BCUT2D eigenvalue weighted by Gasteiger charge is 2.25. The van der Waals surface area contributed by atoms with Crippen LogP contribution >= 0.6 is 15.9 Å². The second-order valence-electron chi connectivity index (χ2n) is 11.6. The van der Waals surface area contributed by atoms with Crippen molar-refractivity contribution in [3.63, 3.8) is 0 Å². The number of aliphatic carboxylic acids is 1. The molecule has 3 aromatic carbocycles. The standard InChI is InChI=1S/C34H40BrN3O3/c1-34(2,3)26-13-16-28(30(23-26)41-22-21-37(4)5)32-29(17-18-31(39)40)33(25-11-14-27(35)15-12-25)38(36-32)20-19-24-9-7-6-8-10-24/h6-16,23H,17-22H2,1-5H3,(H,39,40). The van der Waals surface area contributed by atoms with Gasteiger partial charge in [-0.3, -0.25) is 9.48 Å². The van der Waals surface area contributed by atoms with E-state index in [4.69, 9.17) is 9.84 Å². The summed E-state index contributed by atoms with van der Waals surface area (Å²) in [6.45, 7) is 8.54. The zero-order valence-corrected chi connectivity index (χ0v) is 26.2. The molecular weight excluding hydrogens is 578 g/mol. The summed E-state index contributed by atoms with van der Waals surface area (Å²) >= 11 is 3.55. The lowest BCUT2D eigenvalue weighted by Gasteiger charge is -2.22. The molecule has 0 aliphatic rings. The van der Waals surface area contributed by atoms with Gasteiger partial charge in [0.2, 0.25) is 0 Å². The van der Waals surface area contributed by atoms with Crippen LogP contribution in [0.5, 0.6) is 5.75 Å². The van der Waals surface area contributed by atoms with Crippen molar-refractivity contribution < 1.29 is 14.6 Å². The van der Waals surface area contributed by atoms with Crippen LogP contribution in [0.25, 0.3) is 22.5 Å². The van der Waals surface area contributed by atoms with Crippen LogP contribution in [-0.4, -0.2) is 53.0 Å². The summed E-state index contributed by atoms with van der Waals surface area (Å²) in [5.41, 5.74) is 6.87. The smallest absolute Gasteiger partial charge is 0.303 e. The van der Waals surface area contributed by atoms with Gasteiger partial charge in [-0.1, -0.05) is 85.2 Å². The summed E-state index contributed by atoms with van der Waals surface area (Å²) in [4.78, 5) is 13.9. The van der Waals surface area contributed by atoms with E-state index in [-0.39, 0.29) is 11.8 Å². The Kier molecular flexibility index (Phi) is 10.1. The zero-order chi connectivity index (χ0) is 29.6. The van der Waals surface area contributed by atoms with Gasteiger partial charge in [-0.05, 0) is 67.7 Å². The number of carboxylic acids is 1. The lowest BCUT2D eigenvalue weighted by molar-refractivity contribution is -0.136. The molecule has 0 radical (unpaired) electrons. The summed E-state index contributed by atoms with van der Waals surface area (Å²) in [7, 11) is 4.05. The number of rotatable bonds is 12. The lowest BCUT2D eigenvalue weighted by atomic mass is 9.85. The molecule has 7 heteroatoms. The third kappa shape index (κ3) is 8.08. The Bertz CT molecular complexity index is 1460. The normalized spacial score (nSPS) is 11.7. The molecule has 0 atom stereocenters. The molecule has 0 unspecified atom stereocenters. The van der Waals surface area contributed by atoms with Crippen molar-refractivity contribution in [2.75, 3.05) is 27.2 Å². The summed E-state index contributed by atoms with van der Waals surface area (Å²) < 4.78 is 9.44. The molecule has 4 rings (SSSR count). The molecule has 0 spiro atoms. The largest absolute Gasteiger partial charge is 0.492 e. The molecule has 1 aromatic heterocycles. The Labute approximate surface area is 252 Å². The number of benzene rings is 3. The van der Waals surface area contributed by atoms with Gasteiger partial charge in [-0.25, -0.2) is 0 Å². The SMILES string of the molecule is CN(C)CCOc1cc(C(C)(C)C)ccc1-c1nn(CCc2ccccc2)c(-c2ccc(Br)cc2)c1CCC(=O)O. The number of likely N-dealkylation sites (N-methyl/N-ethyl adjacent to an activating group) is 1. The molecule has 0 aliphatic heterocycles. The number of hydrogen-bond acceptors (Lipinski definition) is 4. The zero-order valence-electron chi connectivity index (χ0n) is 24.7. The first-order valence-corrected chi connectivity index (χ1v) is 14.9. The van der Waals surface area contributed by atoms with Crippen LogP contribution in [0, 0.1) is 0 Å². The number of hydrogen-bond donors (Lipinski definition) is 1. The first-order valence-electron chi connectivity index (χ1n) is 14.1. The van der Waals surface area contributed by atoms with Gasteiger partial charge < -0.3 is 14.7 Å². The summed E-state index contributed by atoms with van der Waals surface area (Å²) in [6.07, 6.45) is 1.18. The molecule has 1 N–H and O–H groups in total. The maximum atomic E-state index is 11.8. The fourth-order valence-corrected chi connectivity index (χ4v) is 5.06. The molecule has 0 aliphatic carbocycles. The van der Waals surface area contributed by atoms with Crippen molar-refractivity contribution in [2.45, 2.75) is 52.0 Å². The highest BCUT2D eigenvalue weighted by atomic mass is 79.9. The minimum atomic E-state index is -0.833. The molecule has 41 heavy (non-hydrogen) atoms. The van der Waals surface area contributed by atoms with Gasteiger partial charge in [0.1, 0.15) is 12.4 Å². The van der Waals surface area contributed by atoms with Crippen LogP contribution in [0.15, 0.2) is 77.3 Å². The molecule has 4 aromatic rings. The van der Waals surface area contributed by atoms with E-state index in [1.165, 1.54) is 11.1 Å². The van der Waals surface area contributed by atoms with Gasteiger partial charge in [0.15, 0.2) is 0 Å². The van der Waals surface area contributed by atoms with Crippen molar-refractivity contribution in [1.29, 1.82) is 0 Å². The van der Waals surface area contributed by atoms with E-state index in [0.29, 0.717) is 19.6 Å². The van der Waals surface area contributed by atoms with Gasteiger partial charge in [-0.2, -0.15) is 5.10 Å². The van der Waals surface area contributed by atoms with Gasteiger partial charge in [0.05, 0.1) is 11.4 Å². The minimum Gasteiger partial charge on any atom is -0.492 e. The molecule has 0 saturated carbocycles. The summed E-state index contributed by atoms with van der Waals surface area (Å²) in [5.74, 6) is -0.0637. The van der Waals surface area contributed by atoms with Crippen molar-refractivity contribution in [2.24, 2.45) is 0 Å². The summed E-state index contributed by atoms with van der Waals surface area (Å²) in [6, 6.07) is 24.8. The molecule has 0 saturated heterocycles. The van der Waals surface area contributed by atoms with Crippen LogP contribution in [0.3, 0.4) is 0 Å².